The molecule has 5 fully saturated rings. The molecular formula is C22H31N2O2+. The SMILES string of the molecule is CC[C@H]1[C@@H]2C[C@H]3[C@@H]4N(C)c5ccccc5[C@@]45C[C@@H]([C@@H]2[C@@H]5O)[N@@+]3(CC)[C@@H]1O. The fraction of sp³-hybridized carbons (Fsp3) is 0.727. The van der Waals surface area contributed by atoms with Crippen LogP contribution in [0.15, 0.2) is 24.3 Å². The summed E-state index contributed by atoms with van der Waals surface area (Å²) in [7, 11) is 2.22. The molecular weight excluding hydrogens is 324 g/mol. The summed E-state index contributed by atoms with van der Waals surface area (Å²) < 4.78 is 0.849. The number of benzene rings is 1. The number of fused-ring (bicyclic) bond motifs is 2. The first kappa shape index (κ1) is 15.9. The Morgan fingerprint density at radius 2 is 1.96 bits per heavy atom. The van der Waals surface area contributed by atoms with Crippen LogP contribution in [0.5, 0.6) is 0 Å². The van der Waals surface area contributed by atoms with Gasteiger partial charge in [-0.3, -0.25) is 4.48 Å². The monoisotopic (exact) mass is 355 g/mol. The van der Waals surface area contributed by atoms with E-state index in [1.807, 2.05) is 0 Å². The number of hydrogen-bond donors (Lipinski definition) is 2. The van der Waals surface area contributed by atoms with Crippen molar-refractivity contribution in [3.8, 4) is 0 Å². The highest BCUT2D eigenvalue weighted by Crippen LogP contribution is 2.71. The number of likely N-dealkylation sites (N-methyl/N-ethyl adjacent to an activating group) is 2. The van der Waals surface area contributed by atoms with Gasteiger partial charge < -0.3 is 15.1 Å². The maximum Gasteiger partial charge on any atom is 0.194 e. The molecule has 1 aliphatic carbocycles. The Hall–Kier alpha value is -1.10. The zero-order valence-corrected chi connectivity index (χ0v) is 16.0. The van der Waals surface area contributed by atoms with E-state index in [1.165, 1.54) is 17.7 Å². The van der Waals surface area contributed by atoms with Gasteiger partial charge in [0.05, 0.1) is 30.1 Å². The summed E-state index contributed by atoms with van der Waals surface area (Å²) in [5, 5.41) is 23.4. The second-order valence-corrected chi connectivity index (χ2v) is 9.67. The molecule has 5 heterocycles. The van der Waals surface area contributed by atoms with Gasteiger partial charge in [-0.25, -0.2) is 0 Å². The van der Waals surface area contributed by atoms with Crippen molar-refractivity contribution in [2.45, 2.75) is 69.0 Å². The average Bonchev–Trinajstić information content (AvgIpc) is 3.04. The van der Waals surface area contributed by atoms with Gasteiger partial charge in [0.25, 0.3) is 0 Å². The molecule has 10 atom stereocenters. The number of piperidine rings is 4. The molecule has 4 nitrogen and oxygen atoms in total. The number of anilines is 1. The van der Waals surface area contributed by atoms with E-state index in [0.29, 0.717) is 35.9 Å². The number of rotatable bonds is 2. The van der Waals surface area contributed by atoms with Crippen molar-refractivity contribution in [3.05, 3.63) is 29.8 Å². The Bertz CT molecular complexity index is 783. The van der Waals surface area contributed by atoms with Crippen LogP contribution in [0, 0.1) is 17.8 Å². The fourth-order valence-electron chi connectivity index (χ4n) is 9.03. The summed E-state index contributed by atoms with van der Waals surface area (Å²) in [6, 6.07) is 9.93. The predicted molar refractivity (Wildman–Crippen MR) is 101 cm³/mol. The first-order chi connectivity index (χ1) is 12.5. The Balaban J connectivity index is 1.63. The number of aliphatic hydroxyl groups is 2. The lowest BCUT2D eigenvalue weighted by molar-refractivity contribution is -1.04. The van der Waals surface area contributed by atoms with Crippen LogP contribution in [-0.2, 0) is 5.41 Å². The molecule has 0 unspecified atom stereocenters. The molecule has 26 heavy (non-hydrogen) atoms. The summed E-state index contributed by atoms with van der Waals surface area (Å²) >= 11 is 0. The number of quaternary nitrogens is 1. The molecule has 4 heteroatoms. The summed E-state index contributed by atoms with van der Waals surface area (Å²) in [5.74, 6) is 1.18. The summed E-state index contributed by atoms with van der Waals surface area (Å²) in [4.78, 5) is 2.46. The Morgan fingerprint density at radius 1 is 1.19 bits per heavy atom. The molecule has 140 valence electrons. The van der Waals surface area contributed by atoms with Crippen LogP contribution >= 0.6 is 0 Å². The highest BCUT2D eigenvalue weighted by molar-refractivity contribution is 5.66. The van der Waals surface area contributed by atoms with Gasteiger partial charge in [0.2, 0.25) is 0 Å². The molecule has 5 bridgehead atoms. The first-order valence-corrected chi connectivity index (χ1v) is 10.6. The molecule has 5 aliphatic heterocycles. The van der Waals surface area contributed by atoms with Crippen molar-refractivity contribution in [2.24, 2.45) is 17.8 Å². The highest BCUT2D eigenvalue weighted by atomic mass is 16.3. The Labute approximate surface area is 156 Å². The zero-order valence-electron chi connectivity index (χ0n) is 16.0. The van der Waals surface area contributed by atoms with Gasteiger partial charge in [-0.05, 0) is 30.9 Å². The van der Waals surface area contributed by atoms with Gasteiger partial charge >= 0.3 is 0 Å². The van der Waals surface area contributed by atoms with Crippen molar-refractivity contribution in [3.63, 3.8) is 0 Å². The predicted octanol–water partition coefficient (Wildman–Crippen LogP) is 2.09. The van der Waals surface area contributed by atoms with Gasteiger partial charge in [0.15, 0.2) is 6.23 Å². The summed E-state index contributed by atoms with van der Waals surface area (Å²) in [5.41, 5.74) is 2.55. The van der Waals surface area contributed by atoms with E-state index in [-0.39, 0.29) is 17.7 Å². The minimum absolute atomic E-state index is 0.126. The van der Waals surface area contributed by atoms with Crippen LogP contribution in [0.3, 0.4) is 0 Å². The van der Waals surface area contributed by atoms with Crippen LogP contribution in [0.4, 0.5) is 5.69 Å². The molecule has 1 aromatic carbocycles. The molecule has 7 rings (SSSR count). The van der Waals surface area contributed by atoms with Gasteiger partial charge in [0.1, 0.15) is 6.04 Å². The second kappa shape index (κ2) is 4.65. The molecule has 0 aromatic heterocycles. The molecule has 4 saturated heterocycles. The summed E-state index contributed by atoms with van der Waals surface area (Å²) in [6.07, 6.45) is 2.71. The molecule has 1 spiro atoms. The number of hydrogen-bond acceptors (Lipinski definition) is 3. The quantitative estimate of drug-likeness (QED) is 0.799. The molecule has 6 aliphatic rings. The lowest BCUT2D eigenvalue weighted by Gasteiger charge is -2.67. The standard InChI is InChI=1S/C22H31N2O2/c1-4-12-13-10-16-19-22(14-8-6-7-9-15(14)23(19)3)11-17(18(13)20(22)25)24(16,5-2)21(12)26/h6-9,12-13,16-21,25-26H,4-5,10-11H2,1-3H3/q+1/t12-,13-,16-,17-,18+,19-,20-,21+,22-,24-/m0/s1. The van der Waals surface area contributed by atoms with Crippen molar-refractivity contribution in [2.75, 3.05) is 18.5 Å². The largest absolute Gasteiger partial charge is 0.392 e. The van der Waals surface area contributed by atoms with E-state index in [1.54, 1.807) is 0 Å². The minimum Gasteiger partial charge on any atom is -0.392 e. The smallest absolute Gasteiger partial charge is 0.194 e. The van der Waals surface area contributed by atoms with Crippen LogP contribution in [0.25, 0.3) is 0 Å². The third-order valence-corrected chi connectivity index (χ3v) is 9.67. The maximum atomic E-state index is 11.8. The zero-order chi connectivity index (χ0) is 18.0. The van der Waals surface area contributed by atoms with E-state index in [4.69, 9.17) is 0 Å². The van der Waals surface area contributed by atoms with Crippen molar-refractivity contribution in [1.29, 1.82) is 0 Å². The summed E-state index contributed by atoms with van der Waals surface area (Å²) in [6.45, 7) is 5.48. The molecule has 1 saturated carbocycles. The lowest BCUT2D eigenvalue weighted by atomic mass is 9.60. The Morgan fingerprint density at radius 3 is 2.69 bits per heavy atom. The third kappa shape index (κ3) is 1.30. The number of para-hydroxylation sites is 1. The van der Waals surface area contributed by atoms with E-state index in [0.717, 1.165) is 23.9 Å². The average molecular weight is 356 g/mol. The second-order valence-electron chi connectivity index (χ2n) is 9.67. The van der Waals surface area contributed by atoms with Crippen LogP contribution in [0.1, 0.15) is 38.7 Å². The van der Waals surface area contributed by atoms with Gasteiger partial charge in [-0.15, -0.1) is 0 Å². The van der Waals surface area contributed by atoms with Crippen molar-refractivity contribution in [1.82, 2.24) is 0 Å². The van der Waals surface area contributed by atoms with Gasteiger partial charge in [-0.1, -0.05) is 25.1 Å². The third-order valence-electron chi connectivity index (χ3n) is 9.67. The first-order valence-electron chi connectivity index (χ1n) is 10.6. The molecule has 0 radical (unpaired) electrons. The van der Waals surface area contributed by atoms with Gasteiger partial charge in [-0.2, -0.15) is 0 Å². The minimum atomic E-state index is -0.272. The van der Waals surface area contributed by atoms with Gasteiger partial charge in [0, 0.05) is 37.4 Å². The molecule has 1 aromatic rings. The van der Waals surface area contributed by atoms with Crippen LogP contribution in [0.2, 0.25) is 0 Å². The number of aliphatic hydroxyl groups excluding tert-OH is 2. The fourth-order valence-corrected chi connectivity index (χ4v) is 9.03. The highest BCUT2D eigenvalue weighted by Gasteiger charge is 2.82. The molecule has 0 amide bonds. The van der Waals surface area contributed by atoms with Crippen LogP contribution in [-0.4, -0.2) is 58.7 Å². The normalized spacial score (nSPS) is 55.3. The van der Waals surface area contributed by atoms with E-state index in [2.05, 4.69) is 50.1 Å². The Kier molecular flexibility index (Phi) is 2.85. The molecule has 2 N–H and O–H groups in total. The van der Waals surface area contributed by atoms with Crippen molar-refractivity contribution >= 4 is 5.69 Å². The van der Waals surface area contributed by atoms with E-state index < -0.39 is 0 Å². The van der Waals surface area contributed by atoms with E-state index in [9.17, 15) is 10.2 Å². The maximum absolute atomic E-state index is 11.8. The lowest BCUT2D eigenvalue weighted by Crippen LogP contribution is -2.82. The number of nitrogens with zero attached hydrogens (tertiary/aromatic N) is 2. The van der Waals surface area contributed by atoms with Crippen LogP contribution < -0.4 is 4.90 Å². The topological polar surface area (TPSA) is 43.7 Å². The van der Waals surface area contributed by atoms with Crippen molar-refractivity contribution < 1.29 is 14.7 Å². The van der Waals surface area contributed by atoms with E-state index >= 15 is 0 Å².